The molecule has 2 aromatic carbocycles. The first-order valence-corrected chi connectivity index (χ1v) is 8.80. The molecule has 4 heteroatoms. The number of aryl methyl sites for hydroxylation is 2. The van der Waals surface area contributed by atoms with Crippen LogP contribution < -0.4 is 4.74 Å². The van der Waals surface area contributed by atoms with Crippen LogP contribution in [0, 0.1) is 20.8 Å². The van der Waals surface area contributed by atoms with Crippen LogP contribution in [0.15, 0.2) is 35.2 Å². The number of hydrogen-bond acceptors (Lipinski definition) is 3. The minimum absolute atomic E-state index is 0.0457. The number of carbonyl (C=O) groups excluding carboxylic acids is 1. The molecule has 0 aromatic heterocycles. The molecular weight excluding hydrogens is 308 g/mol. The molecule has 122 valence electrons. The molecule has 0 aliphatic carbocycles. The van der Waals surface area contributed by atoms with Crippen molar-refractivity contribution in [1.82, 2.24) is 0 Å². The van der Waals surface area contributed by atoms with E-state index in [-0.39, 0.29) is 5.78 Å². The van der Waals surface area contributed by atoms with Gasteiger partial charge in [-0.2, -0.15) is 0 Å². The summed E-state index contributed by atoms with van der Waals surface area (Å²) < 4.78 is 18.1. The summed E-state index contributed by atoms with van der Waals surface area (Å²) in [5.74, 6) is 1.04. The Bertz CT molecular complexity index is 778. The lowest BCUT2D eigenvalue weighted by atomic mass is 9.92. The van der Waals surface area contributed by atoms with E-state index < -0.39 is 10.8 Å². The van der Waals surface area contributed by atoms with Crippen LogP contribution in [0.2, 0.25) is 0 Å². The van der Waals surface area contributed by atoms with Crippen molar-refractivity contribution in [3.8, 4) is 5.75 Å². The summed E-state index contributed by atoms with van der Waals surface area (Å²) in [5, 5.41) is 0. The quantitative estimate of drug-likeness (QED) is 0.774. The number of ether oxygens (including phenoxy) is 1. The van der Waals surface area contributed by atoms with E-state index >= 15 is 0 Å². The van der Waals surface area contributed by atoms with Gasteiger partial charge in [0.25, 0.3) is 0 Å². The van der Waals surface area contributed by atoms with E-state index in [1.165, 1.54) is 0 Å². The van der Waals surface area contributed by atoms with Crippen LogP contribution in [-0.2, 0) is 16.6 Å². The molecule has 0 bridgehead atoms. The Hall–Kier alpha value is -1.94. The van der Waals surface area contributed by atoms with Crippen molar-refractivity contribution in [3.63, 3.8) is 0 Å². The number of hydrogen-bond donors (Lipinski definition) is 0. The highest BCUT2D eigenvalue weighted by molar-refractivity contribution is 7.84. The van der Waals surface area contributed by atoms with Gasteiger partial charge < -0.3 is 4.74 Å². The minimum atomic E-state index is -1.23. The van der Waals surface area contributed by atoms with E-state index in [0.717, 1.165) is 27.8 Å². The van der Waals surface area contributed by atoms with Gasteiger partial charge in [0.05, 0.1) is 28.6 Å². The van der Waals surface area contributed by atoms with Crippen molar-refractivity contribution in [2.24, 2.45) is 0 Å². The van der Waals surface area contributed by atoms with Gasteiger partial charge in [-0.3, -0.25) is 9.00 Å². The third-order valence-corrected chi connectivity index (χ3v) is 5.45. The zero-order valence-corrected chi connectivity index (χ0v) is 15.0. The molecule has 1 atom stereocenters. The van der Waals surface area contributed by atoms with Gasteiger partial charge in [-0.15, -0.1) is 0 Å². The Kier molecular flexibility index (Phi) is 5.37. The van der Waals surface area contributed by atoms with E-state index in [1.807, 2.05) is 51.1 Å². The van der Waals surface area contributed by atoms with Gasteiger partial charge in [-0.05, 0) is 62.1 Å². The Morgan fingerprint density at radius 3 is 2.39 bits per heavy atom. The summed E-state index contributed by atoms with van der Waals surface area (Å²) in [6.07, 6.45) is 0. The van der Waals surface area contributed by atoms with Crippen molar-refractivity contribution in [2.75, 3.05) is 7.11 Å². The molecule has 0 amide bonds. The van der Waals surface area contributed by atoms with Crippen LogP contribution in [0.4, 0.5) is 0 Å². The Labute approximate surface area is 140 Å². The number of methoxy groups -OCH3 is 1. The topological polar surface area (TPSA) is 43.4 Å². The average Bonchev–Trinajstić information content (AvgIpc) is 2.50. The number of para-hydroxylation sites is 1. The van der Waals surface area contributed by atoms with Crippen molar-refractivity contribution >= 4 is 16.6 Å². The highest BCUT2D eigenvalue weighted by Crippen LogP contribution is 2.28. The third-order valence-electron chi connectivity index (χ3n) is 4.07. The molecule has 0 unspecified atom stereocenters. The number of benzene rings is 2. The Balaban J connectivity index is 2.46. The summed E-state index contributed by atoms with van der Waals surface area (Å²) in [6, 6.07) is 9.34. The number of Topliss-reactive ketones (excluding diaryl/α,β-unsaturated/α-hetero) is 1. The summed E-state index contributed by atoms with van der Waals surface area (Å²) in [7, 11) is 0.345. The molecule has 2 rings (SSSR count). The first-order valence-electron chi connectivity index (χ1n) is 7.48. The summed E-state index contributed by atoms with van der Waals surface area (Å²) in [5.41, 5.74) is 4.68. The molecule has 0 aliphatic rings. The predicted octanol–water partition coefficient (Wildman–Crippen LogP) is 4.13. The molecule has 0 spiro atoms. The zero-order chi connectivity index (χ0) is 17.1. The minimum Gasteiger partial charge on any atom is -0.495 e. The van der Waals surface area contributed by atoms with Crippen LogP contribution in [-0.4, -0.2) is 17.1 Å². The second-order valence-electron chi connectivity index (χ2n) is 5.69. The second-order valence-corrected chi connectivity index (χ2v) is 7.11. The molecule has 0 radical (unpaired) electrons. The SMILES string of the molecule is COc1ccccc1[S@](=O)Cc1c(C)cc(C)c(C(C)=O)c1C. The van der Waals surface area contributed by atoms with E-state index in [9.17, 15) is 9.00 Å². The monoisotopic (exact) mass is 330 g/mol. The van der Waals surface area contributed by atoms with E-state index in [4.69, 9.17) is 4.74 Å². The normalized spacial score (nSPS) is 12.0. The lowest BCUT2D eigenvalue weighted by Gasteiger charge is -2.16. The third kappa shape index (κ3) is 3.53. The summed E-state index contributed by atoms with van der Waals surface area (Å²) >= 11 is 0. The highest BCUT2D eigenvalue weighted by Gasteiger charge is 2.18. The van der Waals surface area contributed by atoms with Crippen LogP contribution in [0.5, 0.6) is 5.75 Å². The van der Waals surface area contributed by atoms with E-state index in [1.54, 1.807) is 14.0 Å². The van der Waals surface area contributed by atoms with Gasteiger partial charge in [0.1, 0.15) is 5.75 Å². The first-order chi connectivity index (χ1) is 10.9. The number of carbonyl (C=O) groups is 1. The van der Waals surface area contributed by atoms with Gasteiger partial charge in [0.15, 0.2) is 5.78 Å². The largest absolute Gasteiger partial charge is 0.495 e. The van der Waals surface area contributed by atoms with Gasteiger partial charge in [-0.1, -0.05) is 18.2 Å². The molecule has 0 heterocycles. The van der Waals surface area contributed by atoms with Gasteiger partial charge in [0.2, 0.25) is 0 Å². The highest BCUT2D eigenvalue weighted by atomic mass is 32.2. The van der Waals surface area contributed by atoms with Gasteiger partial charge >= 0.3 is 0 Å². The average molecular weight is 330 g/mol. The van der Waals surface area contributed by atoms with Crippen LogP contribution in [0.1, 0.15) is 39.5 Å². The lowest BCUT2D eigenvalue weighted by molar-refractivity contribution is 0.101. The van der Waals surface area contributed by atoms with Crippen LogP contribution >= 0.6 is 0 Å². The molecular formula is C19H22O3S. The Morgan fingerprint density at radius 2 is 1.78 bits per heavy atom. The maximum atomic E-state index is 12.8. The number of rotatable bonds is 5. The van der Waals surface area contributed by atoms with E-state index in [0.29, 0.717) is 16.4 Å². The molecule has 0 saturated carbocycles. The molecule has 0 fully saturated rings. The maximum Gasteiger partial charge on any atom is 0.160 e. The molecule has 2 aromatic rings. The first kappa shape index (κ1) is 17.4. The fourth-order valence-electron chi connectivity index (χ4n) is 3.01. The Morgan fingerprint density at radius 1 is 1.13 bits per heavy atom. The van der Waals surface area contributed by atoms with Crippen molar-refractivity contribution in [3.05, 3.63) is 58.1 Å². The second kappa shape index (κ2) is 7.09. The van der Waals surface area contributed by atoms with Crippen molar-refractivity contribution in [1.29, 1.82) is 0 Å². The van der Waals surface area contributed by atoms with Crippen LogP contribution in [0.3, 0.4) is 0 Å². The van der Waals surface area contributed by atoms with Crippen molar-refractivity contribution < 1.29 is 13.7 Å². The fraction of sp³-hybridized carbons (Fsp3) is 0.316. The van der Waals surface area contributed by atoms with Gasteiger partial charge in [0, 0.05) is 5.56 Å². The number of ketones is 1. The smallest absolute Gasteiger partial charge is 0.160 e. The molecule has 0 saturated heterocycles. The standard InChI is InChI=1S/C19H22O3S/c1-12-10-13(2)19(15(4)20)14(3)16(12)11-23(21)18-9-7-6-8-17(18)22-5/h6-10H,11H2,1-5H3/t23-/m1/s1. The summed E-state index contributed by atoms with van der Waals surface area (Å²) in [6.45, 7) is 7.45. The molecule has 0 aliphatic heterocycles. The zero-order valence-electron chi connectivity index (χ0n) is 14.2. The fourth-order valence-corrected chi connectivity index (χ4v) is 4.47. The van der Waals surface area contributed by atoms with Crippen LogP contribution in [0.25, 0.3) is 0 Å². The van der Waals surface area contributed by atoms with Crippen molar-refractivity contribution in [2.45, 2.75) is 38.3 Å². The van der Waals surface area contributed by atoms with Gasteiger partial charge in [-0.25, -0.2) is 0 Å². The summed E-state index contributed by atoms with van der Waals surface area (Å²) in [4.78, 5) is 12.6. The molecule has 3 nitrogen and oxygen atoms in total. The lowest BCUT2D eigenvalue weighted by Crippen LogP contribution is -2.08. The molecule has 23 heavy (non-hydrogen) atoms. The van der Waals surface area contributed by atoms with E-state index in [2.05, 4.69) is 0 Å². The predicted molar refractivity (Wildman–Crippen MR) is 93.8 cm³/mol. The maximum absolute atomic E-state index is 12.8. The molecule has 0 N–H and O–H groups in total.